The molecular formula is C16H15ClN2O2S. The third-order valence-corrected chi connectivity index (χ3v) is 5.41. The van der Waals surface area contributed by atoms with E-state index in [9.17, 15) is 8.42 Å². The van der Waals surface area contributed by atoms with Gasteiger partial charge in [0.1, 0.15) is 6.07 Å². The molecule has 2 rings (SSSR count). The van der Waals surface area contributed by atoms with Crippen molar-refractivity contribution in [3.63, 3.8) is 0 Å². The second kappa shape index (κ2) is 6.39. The maximum atomic E-state index is 12.9. The Morgan fingerprint density at radius 1 is 1.14 bits per heavy atom. The van der Waals surface area contributed by atoms with E-state index in [0.29, 0.717) is 5.69 Å². The molecule has 0 heterocycles. The zero-order valence-corrected chi connectivity index (χ0v) is 13.8. The summed E-state index contributed by atoms with van der Waals surface area (Å²) in [6, 6.07) is 14.7. The van der Waals surface area contributed by atoms with E-state index in [1.165, 1.54) is 22.5 Å². The average molecular weight is 335 g/mol. The highest BCUT2D eigenvalue weighted by atomic mass is 35.5. The molecule has 0 radical (unpaired) electrons. The summed E-state index contributed by atoms with van der Waals surface area (Å²) in [6.45, 7) is 3.60. The molecule has 0 fully saturated rings. The number of nitrogens with zero attached hydrogens (tertiary/aromatic N) is 2. The van der Waals surface area contributed by atoms with Gasteiger partial charge in [0.05, 0.1) is 21.2 Å². The lowest BCUT2D eigenvalue weighted by Gasteiger charge is -2.28. The second-order valence-electron chi connectivity index (χ2n) is 4.98. The molecule has 0 saturated heterocycles. The van der Waals surface area contributed by atoms with Crippen molar-refractivity contribution in [3.8, 4) is 6.07 Å². The van der Waals surface area contributed by atoms with Gasteiger partial charge in [0.15, 0.2) is 0 Å². The summed E-state index contributed by atoms with van der Waals surface area (Å²) < 4.78 is 27.2. The highest BCUT2D eigenvalue weighted by Crippen LogP contribution is 2.28. The molecular weight excluding hydrogens is 320 g/mol. The van der Waals surface area contributed by atoms with Crippen molar-refractivity contribution in [2.45, 2.75) is 24.8 Å². The fourth-order valence-electron chi connectivity index (χ4n) is 2.15. The zero-order valence-electron chi connectivity index (χ0n) is 12.2. The van der Waals surface area contributed by atoms with Gasteiger partial charge in [-0.1, -0.05) is 29.8 Å². The smallest absolute Gasteiger partial charge is 0.264 e. The van der Waals surface area contributed by atoms with Crippen LogP contribution in [0.5, 0.6) is 0 Å². The van der Waals surface area contributed by atoms with Crippen molar-refractivity contribution in [2.24, 2.45) is 0 Å². The first kappa shape index (κ1) is 16.3. The lowest BCUT2D eigenvalue weighted by Crippen LogP contribution is -2.37. The Morgan fingerprint density at radius 2 is 1.77 bits per heavy atom. The molecule has 0 aliphatic rings. The molecule has 2 aromatic rings. The second-order valence-corrected chi connectivity index (χ2v) is 7.21. The van der Waals surface area contributed by atoms with Crippen LogP contribution in [0.4, 0.5) is 5.69 Å². The number of rotatable bonds is 4. The predicted octanol–water partition coefficient (Wildman–Crippen LogP) is 3.82. The van der Waals surface area contributed by atoms with Crippen LogP contribution in [-0.4, -0.2) is 14.5 Å². The first-order valence-electron chi connectivity index (χ1n) is 6.67. The average Bonchev–Trinajstić information content (AvgIpc) is 2.47. The molecule has 0 bridgehead atoms. The van der Waals surface area contributed by atoms with Crippen molar-refractivity contribution in [1.82, 2.24) is 0 Å². The summed E-state index contributed by atoms with van der Waals surface area (Å²) in [7, 11) is -3.76. The lowest BCUT2D eigenvalue weighted by molar-refractivity contribution is 0.584. The number of para-hydroxylation sites is 1. The molecule has 0 aromatic heterocycles. The first-order chi connectivity index (χ1) is 10.4. The maximum absolute atomic E-state index is 12.9. The third kappa shape index (κ3) is 3.08. The minimum atomic E-state index is -3.76. The van der Waals surface area contributed by atoms with E-state index in [2.05, 4.69) is 0 Å². The standard InChI is InChI=1S/C16H15ClN2O2S/c1-12(2)19(14-6-4-3-5-7-14)22(20,21)15-9-8-13(11-18)16(17)10-15/h3-10,12H,1-2H3. The summed E-state index contributed by atoms with van der Waals surface area (Å²) in [5.74, 6) is 0. The topological polar surface area (TPSA) is 61.2 Å². The molecule has 0 spiro atoms. The van der Waals surface area contributed by atoms with E-state index < -0.39 is 10.0 Å². The fourth-order valence-corrected chi connectivity index (χ4v) is 4.13. The van der Waals surface area contributed by atoms with Gasteiger partial charge in [0.2, 0.25) is 0 Å². The summed E-state index contributed by atoms with van der Waals surface area (Å²) in [5, 5.41) is 9.02. The molecule has 0 aliphatic carbocycles. The third-order valence-electron chi connectivity index (χ3n) is 3.10. The number of nitriles is 1. The van der Waals surface area contributed by atoms with Gasteiger partial charge < -0.3 is 0 Å². The van der Waals surface area contributed by atoms with Crippen LogP contribution in [0.25, 0.3) is 0 Å². The Balaban J connectivity index is 2.56. The maximum Gasteiger partial charge on any atom is 0.264 e. The van der Waals surface area contributed by atoms with Gasteiger partial charge in [0.25, 0.3) is 10.0 Å². The minimum absolute atomic E-state index is 0.0639. The molecule has 0 unspecified atom stereocenters. The lowest BCUT2D eigenvalue weighted by atomic mass is 10.2. The number of hydrogen-bond donors (Lipinski definition) is 0. The molecule has 6 heteroatoms. The molecule has 4 nitrogen and oxygen atoms in total. The first-order valence-corrected chi connectivity index (χ1v) is 8.49. The van der Waals surface area contributed by atoms with Crippen LogP contribution in [0.1, 0.15) is 19.4 Å². The normalized spacial score (nSPS) is 11.2. The van der Waals surface area contributed by atoms with Crippen LogP contribution in [0.2, 0.25) is 5.02 Å². The van der Waals surface area contributed by atoms with Gasteiger partial charge >= 0.3 is 0 Å². The Labute approximate surface area is 135 Å². The van der Waals surface area contributed by atoms with Gasteiger partial charge in [-0.3, -0.25) is 4.31 Å². The van der Waals surface area contributed by atoms with Crippen molar-refractivity contribution < 1.29 is 8.42 Å². The van der Waals surface area contributed by atoms with Gasteiger partial charge in [-0.15, -0.1) is 0 Å². The van der Waals surface area contributed by atoms with Gasteiger partial charge in [-0.2, -0.15) is 5.26 Å². The summed E-state index contributed by atoms with van der Waals surface area (Å²) in [6.07, 6.45) is 0. The summed E-state index contributed by atoms with van der Waals surface area (Å²) in [5.41, 5.74) is 0.828. The van der Waals surface area contributed by atoms with Crippen LogP contribution in [0, 0.1) is 11.3 Å². The fraction of sp³-hybridized carbons (Fsp3) is 0.188. The quantitative estimate of drug-likeness (QED) is 0.854. The number of sulfonamides is 1. The zero-order chi connectivity index (χ0) is 16.3. The van der Waals surface area contributed by atoms with E-state index in [0.717, 1.165) is 0 Å². The van der Waals surface area contributed by atoms with Gasteiger partial charge in [0, 0.05) is 6.04 Å². The summed E-state index contributed by atoms with van der Waals surface area (Å²) >= 11 is 5.96. The Kier molecular flexibility index (Phi) is 4.74. The predicted molar refractivity (Wildman–Crippen MR) is 87.4 cm³/mol. The molecule has 22 heavy (non-hydrogen) atoms. The molecule has 0 N–H and O–H groups in total. The molecule has 2 aromatic carbocycles. The highest BCUT2D eigenvalue weighted by Gasteiger charge is 2.27. The Bertz CT molecular complexity index is 812. The Morgan fingerprint density at radius 3 is 2.27 bits per heavy atom. The van der Waals surface area contributed by atoms with Crippen molar-refractivity contribution in [3.05, 3.63) is 59.1 Å². The minimum Gasteiger partial charge on any atom is -0.264 e. The number of halogens is 1. The highest BCUT2D eigenvalue weighted by molar-refractivity contribution is 7.92. The monoisotopic (exact) mass is 334 g/mol. The van der Waals surface area contributed by atoms with E-state index in [-0.39, 0.29) is 21.5 Å². The van der Waals surface area contributed by atoms with E-state index in [4.69, 9.17) is 16.9 Å². The molecule has 0 atom stereocenters. The molecule has 114 valence electrons. The van der Waals surface area contributed by atoms with Gasteiger partial charge in [-0.25, -0.2) is 8.42 Å². The van der Waals surface area contributed by atoms with Crippen molar-refractivity contribution in [1.29, 1.82) is 5.26 Å². The molecule has 0 aliphatic heterocycles. The SMILES string of the molecule is CC(C)N(c1ccccc1)S(=O)(=O)c1ccc(C#N)c(Cl)c1. The Hall–Kier alpha value is -2.03. The summed E-state index contributed by atoms with van der Waals surface area (Å²) in [4.78, 5) is 0.0639. The number of anilines is 1. The van der Waals surface area contributed by atoms with Gasteiger partial charge in [-0.05, 0) is 44.2 Å². The van der Waals surface area contributed by atoms with Crippen LogP contribution >= 0.6 is 11.6 Å². The van der Waals surface area contributed by atoms with E-state index in [1.807, 2.05) is 12.1 Å². The number of hydrogen-bond acceptors (Lipinski definition) is 3. The van der Waals surface area contributed by atoms with E-state index >= 15 is 0 Å². The number of benzene rings is 2. The molecule has 0 amide bonds. The van der Waals surface area contributed by atoms with Crippen molar-refractivity contribution in [2.75, 3.05) is 4.31 Å². The largest absolute Gasteiger partial charge is 0.264 e. The van der Waals surface area contributed by atoms with Crippen LogP contribution < -0.4 is 4.31 Å². The van der Waals surface area contributed by atoms with E-state index in [1.54, 1.807) is 38.1 Å². The molecule has 0 saturated carbocycles. The van der Waals surface area contributed by atoms with Crippen LogP contribution in [0.3, 0.4) is 0 Å². The van der Waals surface area contributed by atoms with Crippen molar-refractivity contribution >= 4 is 27.3 Å². The van der Waals surface area contributed by atoms with Crippen LogP contribution in [-0.2, 0) is 10.0 Å². The van der Waals surface area contributed by atoms with Crippen LogP contribution in [0.15, 0.2) is 53.4 Å².